The van der Waals surface area contributed by atoms with E-state index in [4.69, 9.17) is 32.7 Å². The number of benzene rings is 3. The number of amides is 2. The molecule has 0 aliphatic heterocycles. The van der Waals surface area contributed by atoms with E-state index in [1.54, 1.807) is 49.4 Å². The molecular formula is C31H37Cl2N3O6S. The molecule has 12 heteroatoms. The number of unbranched alkanes of at least 4 members (excludes halogenated alkanes) is 1. The Morgan fingerprint density at radius 2 is 1.67 bits per heavy atom. The Bertz CT molecular complexity index is 1530. The molecule has 0 spiro atoms. The number of hydrogen-bond acceptors (Lipinski definition) is 6. The maximum absolute atomic E-state index is 14.2. The summed E-state index contributed by atoms with van der Waals surface area (Å²) in [5.74, 6) is -0.439. The lowest BCUT2D eigenvalue weighted by molar-refractivity contribution is -0.139. The second kappa shape index (κ2) is 15.3. The fourth-order valence-electron chi connectivity index (χ4n) is 4.29. The number of hydrogen-bond donors (Lipinski definition) is 1. The summed E-state index contributed by atoms with van der Waals surface area (Å²) in [6.07, 6.45) is 1.65. The summed E-state index contributed by atoms with van der Waals surface area (Å²) in [7, 11) is -1.45. The summed E-state index contributed by atoms with van der Waals surface area (Å²) in [6, 6.07) is 14.9. The number of anilines is 1. The molecule has 1 atom stereocenters. The van der Waals surface area contributed by atoms with E-state index in [1.807, 2.05) is 13.8 Å². The highest BCUT2D eigenvalue weighted by Crippen LogP contribution is 2.36. The van der Waals surface area contributed by atoms with Gasteiger partial charge in [-0.1, -0.05) is 60.3 Å². The summed E-state index contributed by atoms with van der Waals surface area (Å²) in [5.41, 5.74) is 1.51. The lowest BCUT2D eigenvalue weighted by Crippen LogP contribution is -2.51. The highest BCUT2D eigenvalue weighted by atomic mass is 35.5. The van der Waals surface area contributed by atoms with Crippen LogP contribution in [0.15, 0.2) is 65.6 Å². The van der Waals surface area contributed by atoms with Gasteiger partial charge in [0.2, 0.25) is 11.8 Å². The topological polar surface area (TPSA) is 105 Å². The lowest BCUT2D eigenvalue weighted by Gasteiger charge is -2.32. The maximum atomic E-state index is 14.2. The smallest absolute Gasteiger partial charge is 0.264 e. The number of rotatable bonds is 14. The van der Waals surface area contributed by atoms with Crippen LogP contribution in [-0.4, -0.2) is 58.5 Å². The van der Waals surface area contributed by atoms with Gasteiger partial charge in [0.15, 0.2) is 0 Å². The van der Waals surface area contributed by atoms with Gasteiger partial charge in [-0.2, -0.15) is 0 Å². The van der Waals surface area contributed by atoms with Gasteiger partial charge in [-0.05, 0) is 62.2 Å². The number of carbonyl (C=O) groups is 2. The largest absolute Gasteiger partial charge is 0.497 e. The van der Waals surface area contributed by atoms with Crippen molar-refractivity contribution in [3.05, 3.63) is 81.8 Å². The first-order chi connectivity index (χ1) is 20.4. The molecule has 3 aromatic carbocycles. The van der Waals surface area contributed by atoms with Crippen molar-refractivity contribution in [2.45, 2.75) is 51.1 Å². The Morgan fingerprint density at radius 1 is 0.977 bits per heavy atom. The van der Waals surface area contributed by atoms with Gasteiger partial charge >= 0.3 is 0 Å². The van der Waals surface area contributed by atoms with Gasteiger partial charge in [-0.15, -0.1) is 0 Å². The van der Waals surface area contributed by atoms with Crippen LogP contribution in [0, 0.1) is 6.92 Å². The summed E-state index contributed by atoms with van der Waals surface area (Å²) in [6.45, 7) is 5.17. The van der Waals surface area contributed by atoms with E-state index in [0.29, 0.717) is 27.9 Å². The number of carbonyl (C=O) groups excluding carboxylic acids is 2. The first-order valence-electron chi connectivity index (χ1n) is 13.8. The third kappa shape index (κ3) is 8.55. The molecule has 0 fully saturated rings. The molecule has 0 radical (unpaired) electrons. The molecule has 0 bridgehead atoms. The average molecular weight is 651 g/mol. The Hall–Kier alpha value is -3.47. The molecule has 2 amide bonds. The van der Waals surface area contributed by atoms with E-state index < -0.39 is 28.5 Å². The molecule has 43 heavy (non-hydrogen) atoms. The van der Waals surface area contributed by atoms with E-state index >= 15 is 0 Å². The minimum atomic E-state index is -4.30. The van der Waals surface area contributed by atoms with Crippen LogP contribution in [0.2, 0.25) is 10.0 Å². The predicted molar refractivity (Wildman–Crippen MR) is 170 cm³/mol. The highest BCUT2D eigenvalue weighted by Gasteiger charge is 2.34. The quantitative estimate of drug-likeness (QED) is 0.220. The number of sulfonamides is 1. The SMILES string of the molecule is CCCCNC(=O)[C@H](C)N(Cc1ccc(Cl)cc1Cl)C(=O)CN(c1cc(OC)ccc1OC)S(=O)(=O)c1ccc(C)cc1. The molecule has 0 aromatic heterocycles. The zero-order chi connectivity index (χ0) is 31.7. The number of methoxy groups -OCH3 is 2. The monoisotopic (exact) mass is 649 g/mol. The van der Waals surface area contributed by atoms with Gasteiger partial charge in [0.05, 0.1) is 24.8 Å². The molecule has 0 unspecified atom stereocenters. The number of aryl methyl sites for hydroxylation is 1. The Labute approximate surface area is 263 Å². The molecule has 3 rings (SSSR count). The van der Waals surface area contributed by atoms with Gasteiger partial charge < -0.3 is 19.7 Å². The van der Waals surface area contributed by atoms with Gasteiger partial charge in [0, 0.05) is 29.2 Å². The number of ether oxygens (including phenoxy) is 2. The average Bonchev–Trinajstić information content (AvgIpc) is 2.98. The van der Waals surface area contributed by atoms with Gasteiger partial charge in [0.1, 0.15) is 24.1 Å². The first-order valence-corrected chi connectivity index (χ1v) is 15.9. The fourth-order valence-corrected chi connectivity index (χ4v) is 6.18. The molecule has 0 saturated carbocycles. The van der Waals surface area contributed by atoms with Crippen molar-refractivity contribution < 1.29 is 27.5 Å². The number of nitrogens with one attached hydrogen (secondary N) is 1. The van der Waals surface area contributed by atoms with Crippen LogP contribution in [0.3, 0.4) is 0 Å². The molecule has 0 heterocycles. The maximum Gasteiger partial charge on any atom is 0.264 e. The van der Waals surface area contributed by atoms with E-state index in [9.17, 15) is 18.0 Å². The second-order valence-electron chi connectivity index (χ2n) is 9.94. The minimum absolute atomic E-state index is 0.0200. The van der Waals surface area contributed by atoms with Crippen LogP contribution in [-0.2, 0) is 26.2 Å². The van der Waals surface area contributed by atoms with Crippen molar-refractivity contribution in [2.75, 3.05) is 31.6 Å². The number of nitrogens with zero attached hydrogens (tertiary/aromatic N) is 2. The van der Waals surface area contributed by atoms with Crippen LogP contribution in [0.1, 0.15) is 37.8 Å². The Morgan fingerprint density at radius 3 is 2.28 bits per heavy atom. The van der Waals surface area contributed by atoms with Crippen molar-refractivity contribution >= 4 is 50.7 Å². The lowest BCUT2D eigenvalue weighted by atomic mass is 10.1. The summed E-state index contributed by atoms with van der Waals surface area (Å²) < 4.78 is 40.1. The molecule has 0 saturated heterocycles. The highest BCUT2D eigenvalue weighted by molar-refractivity contribution is 7.92. The van der Waals surface area contributed by atoms with Gasteiger partial charge in [0.25, 0.3) is 10.0 Å². The van der Waals surface area contributed by atoms with E-state index in [2.05, 4.69) is 5.32 Å². The third-order valence-corrected chi connectivity index (χ3v) is 9.26. The van der Waals surface area contributed by atoms with Gasteiger partial charge in [-0.3, -0.25) is 13.9 Å². The van der Waals surface area contributed by atoms with Crippen LogP contribution < -0.4 is 19.1 Å². The van der Waals surface area contributed by atoms with Crippen LogP contribution in [0.25, 0.3) is 0 Å². The third-order valence-electron chi connectivity index (χ3n) is 6.90. The Kier molecular flexibility index (Phi) is 12.1. The molecular weight excluding hydrogens is 613 g/mol. The zero-order valence-corrected chi connectivity index (χ0v) is 27.2. The van der Waals surface area contributed by atoms with Crippen molar-refractivity contribution in [1.29, 1.82) is 0 Å². The minimum Gasteiger partial charge on any atom is -0.497 e. The van der Waals surface area contributed by atoms with E-state index in [0.717, 1.165) is 22.7 Å². The summed E-state index contributed by atoms with van der Waals surface area (Å²) in [5, 5.41) is 3.57. The molecule has 1 N–H and O–H groups in total. The summed E-state index contributed by atoms with van der Waals surface area (Å²) >= 11 is 12.5. The Balaban J connectivity index is 2.11. The van der Waals surface area contributed by atoms with Crippen molar-refractivity contribution in [2.24, 2.45) is 0 Å². The van der Waals surface area contributed by atoms with Crippen molar-refractivity contribution in [1.82, 2.24) is 10.2 Å². The standard InChI is InChI=1S/C31H37Cl2N3O6S/c1-6-7-16-34-31(38)22(3)35(19-23-10-11-24(32)17-27(23)33)30(37)20-36(28-18-25(41-4)12-15-29(28)42-5)43(39,40)26-13-8-21(2)9-14-26/h8-15,17-18,22H,6-7,16,19-20H2,1-5H3,(H,34,38)/t22-/m0/s1. The van der Waals surface area contributed by atoms with Gasteiger partial charge in [-0.25, -0.2) is 8.42 Å². The molecule has 9 nitrogen and oxygen atoms in total. The van der Waals surface area contributed by atoms with Crippen molar-refractivity contribution in [3.63, 3.8) is 0 Å². The fraction of sp³-hybridized carbons (Fsp3) is 0.355. The zero-order valence-electron chi connectivity index (χ0n) is 24.9. The normalized spacial score (nSPS) is 11.9. The van der Waals surface area contributed by atoms with Crippen LogP contribution >= 0.6 is 23.2 Å². The van der Waals surface area contributed by atoms with Crippen LogP contribution in [0.4, 0.5) is 5.69 Å². The van der Waals surface area contributed by atoms with Crippen LogP contribution in [0.5, 0.6) is 11.5 Å². The summed E-state index contributed by atoms with van der Waals surface area (Å²) in [4.78, 5) is 28.6. The molecule has 0 aliphatic carbocycles. The molecule has 3 aromatic rings. The van der Waals surface area contributed by atoms with Crippen molar-refractivity contribution in [3.8, 4) is 11.5 Å². The molecule has 0 aliphatic rings. The molecule has 232 valence electrons. The van der Waals surface area contributed by atoms with E-state index in [-0.39, 0.29) is 28.8 Å². The van der Waals surface area contributed by atoms with E-state index in [1.165, 1.54) is 37.3 Å². The number of halogens is 2. The predicted octanol–water partition coefficient (Wildman–Crippen LogP) is 5.85. The first kappa shape index (κ1) is 34.0. The second-order valence-corrected chi connectivity index (χ2v) is 12.6.